The molecule has 0 unspecified atom stereocenters. The van der Waals surface area contributed by atoms with Crippen LogP contribution in [0.25, 0.3) is 11.1 Å². The molecule has 0 saturated heterocycles. The quantitative estimate of drug-likeness (QED) is 0.269. The summed E-state index contributed by atoms with van der Waals surface area (Å²) in [5.41, 5.74) is 1.60. The zero-order valence-corrected chi connectivity index (χ0v) is 19.7. The summed E-state index contributed by atoms with van der Waals surface area (Å²) in [6, 6.07) is 23.6. The molecule has 0 amide bonds. The van der Waals surface area contributed by atoms with Gasteiger partial charge in [-0.25, -0.2) is 4.79 Å². The standard InChI is InChI=1S/C29H26F3NO3/c1-2-28(27(34)35,33-17-3-4-18-33)19-21-7-15-26(16-8-21)36-20-22-5-9-23(10-6-22)24-11-13-25(14-12-24)29(30,31)32/h3-18H,2,19-20H2,1H3,(H,34,35)/t28-/m0/s1. The van der Waals surface area contributed by atoms with Gasteiger partial charge in [0.2, 0.25) is 0 Å². The van der Waals surface area contributed by atoms with Crippen LogP contribution >= 0.6 is 0 Å². The molecule has 1 atom stereocenters. The molecular formula is C29H26F3NO3. The van der Waals surface area contributed by atoms with Crippen molar-refractivity contribution in [3.8, 4) is 16.9 Å². The number of rotatable bonds is 9. The Bertz CT molecular complexity index is 1280. The first-order valence-corrected chi connectivity index (χ1v) is 11.6. The summed E-state index contributed by atoms with van der Waals surface area (Å²) in [7, 11) is 0. The van der Waals surface area contributed by atoms with Crippen molar-refractivity contribution in [2.75, 3.05) is 0 Å². The third-order valence-corrected chi connectivity index (χ3v) is 6.41. The molecule has 3 aromatic carbocycles. The number of carboxylic acid groups (broad SMARTS) is 1. The molecule has 1 N–H and O–H groups in total. The van der Waals surface area contributed by atoms with Crippen molar-refractivity contribution < 1.29 is 27.8 Å². The van der Waals surface area contributed by atoms with Gasteiger partial charge in [-0.2, -0.15) is 13.2 Å². The fourth-order valence-electron chi connectivity index (χ4n) is 4.21. The molecule has 7 heteroatoms. The molecule has 4 nitrogen and oxygen atoms in total. The number of aromatic nitrogens is 1. The van der Waals surface area contributed by atoms with Crippen molar-refractivity contribution in [3.63, 3.8) is 0 Å². The van der Waals surface area contributed by atoms with E-state index >= 15 is 0 Å². The van der Waals surface area contributed by atoms with Crippen molar-refractivity contribution in [1.29, 1.82) is 0 Å². The normalized spacial score (nSPS) is 13.2. The molecule has 0 radical (unpaired) electrons. The molecule has 4 aromatic rings. The van der Waals surface area contributed by atoms with Crippen LogP contribution in [0.1, 0.15) is 30.0 Å². The number of nitrogens with zero attached hydrogens (tertiary/aromatic N) is 1. The molecule has 0 bridgehead atoms. The Labute approximate surface area is 207 Å². The van der Waals surface area contributed by atoms with E-state index < -0.39 is 23.2 Å². The van der Waals surface area contributed by atoms with Gasteiger partial charge in [0.05, 0.1) is 5.56 Å². The minimum atomic E-state index is -4.35. The molecule has 36 heavy (non-hydrogen) atoms. The maximum atomic E-state index is 12.8. The van der Waals surface area contributed by atoms with Crippen LogP contribution in [0.15, 0.2) is 97.3 Å². The van der Waals surface area contributed by atoms with E-state index in [9.17, 15) is 23.1 Å². The number of aliphatic carboxylic acids is 1. The molecular weight excluding hydrogens is 467 g/mol. The molecule has 1 heterocycles. The Morgan fingerprint density at radius 2 is 1.36 bits per heavy atom. The van der Waals surface area contributed by atoms with E-state index in [-0.39, 0.29) is 0 Å². The van der Waals surface area contributed by atoms with E-state index in [0.717, 1.165) is 28.8 Å². The van der Waals surface area contributed by atoms with E-state index in [1.54, 1.807) is 17.0 Å². The molecule has 186 valence electrons. The summed E-state index contributed by atoms with van der Waals surface area (Å²) in [6.07, 6.45) is -0.0112. The summed E-state index contributed by atoms with van der Waals surface area (Å²) in [5.74, 6) is -0.217. The first-order chi connectivity index (χ1) is 17.2. The van der Waals surface area contributed by atoms with Gasteiger partial charge in [0.1, 0.15) is 17.9 Å². The maximum absolute atomic E-state index is 12.8. The predicted molar refractivity (Wildman–Crippen MR) is 132 cm³/mol. The second kappa shape index (κ2) is 10.3. The third kappa shape index (κ3) is 5.46. The SMILES string of the molecule is CC[C@](Cc1ccc(OCc2ccc(-c3ccc(C(F)(F)F)cc3)cc2)cc1)(C(=O)O)n1cccc1. The summed E-state index contributed by atoms with van der Waals surface area (Å²) >= 11 is 0. The predicted octanol–water partition coefficient (Wildman–Crippen LogP) is 7.19. The van der Waals surface area contributed by atoms with Gasteiger partial charge in [-0.3, -0.25) is 0 Å². The number of ether oxygens (including phenoxy) is 1. The highest BCUT2D eigenvalue weighted by atomic mass is 19.4. The lowest BCUT2D eigenvalue weighted by atomic mass is 9.88. The van der Waals surface area contributed by atoms with Gasteiger partial charge in [0, 0.05) is 18.8 Å². The molecule has 1 aromatic heterocycles. The highest BCUT2D eigenvalue weighted by Gasteiger charge is 2.38. The minimum absolute atomic E-state index is 0.323. The third-order valence-electron chi connectivity index (χ3n) is 6.41. The number of hydrogen-bond donors (Lipinski definition) is 1. The highest BCUT2D eigenvalue weighted by Crippen LogP contribution is 2.31. The molecule has 0 saturated carbocycles. The van der Waals surface area contributed by atoms with E-state index in [1.165, 1.54) is 12.1 Å². The van der Waals surface area contributed by atoms with Gasteiger partial charge in [0.15, 0.2) is 0 Å². The Morgan fingerprint density at radius 1 is 0.833 bits per heavy atom. The average molecular weight is 494 g/mol. The molecule has 0 fully saturated rings. The lowest BCUT2D eigenvalue weighted by molar-refractivity contribution is -0.147. The number of carboxylic acids is 1. The summed E-state index contributed by atoms with van der Waals surface area (Å²) in [4.78, 5) is 12.2. The van der Waals surface area contributed by atoms with Gasteiger partial charge in [-0.1, -0.05) is 55.5 Å². The van der Waals surface area contributed by atoms with E-state index in [2.05, 4.69) is 0 Å². The Morgan fingerprint density at radius 3 is 1.86 bits per heavy atom. The first kappa shape index (κ1) is 25.1. The monoisotopic (exact) mass is 493 g/mol. The van der Waals surface area contributed by atoms with Crippen LogP contribution in [0.5, 0.6) is 5.75 Å². The number of hydrogen-bond acceptors (Lipinski definition) is 2. The van der Waals surface area contributed by atoms with E-state index in [4.69, 9.17) is 4.74 Å². The second-order valence-corrected chi connectivity index (χ2v) is 8.66. The zero-order chi connectivity index (χ0) is 25.8. The lowest BCUT2D eigenvalue weighted by Crippen LogP contribution is -2.42. The van der Waals surface area contributed by atoms with Crippen LogP contribution in [0.3, 0.4) is 0 Å². The summed E-state index contributed by atoms with van der Waals surface area (Å²) in [5, 5.41) is 9.97. The number of alkyl halides is 3. The van der Waals surface area contributed by atoms with Crippen molar-refractivity contribution in [1.82, 2.24) is 4.57 Å². The average Bonchev–Trinajstić information content (AvgIpc) is 3.42. The zero-order valence-electron chi connectivity index (χ0n) is 19.7. The smallest absolute Gasteiger partial charge is 0.416 e. The van der Waals surface area contributed by atoms with Crippen LogP contribution in [0.4, 0.5) is 13.2 Å². The van der Waals surface area contributed by atoms with Crippen molar-refractivity contribution >= 4 is 5.97 Å². The molecule has 0 aliphatic rings. The molecule has 0 aliphatic carbocycles. The van der Waals surface area contributed by atoms with Crippen molar-refractivity contribution in [2.24, 2.45) is 0 Å². The number of carbonyl (C=O) groups is 1. The topological polar surface area (TPSA) is 51.5 Å². The van der Waals surface area contributed by atoms with Gasteiger partial charge in [-0.05, 0) is 65.1 Å². The lowest BCUT2D eigenvalue weighted by Gasteiger charge is -2.30. The van der Waals surface area contributed by atoms with Crippen LogP contribution in [-0.2, 0) is 29.5 Å². The maximum Gasteiger partial charge on any atom is 0.416 e. The van der Waals surface area contributed by atoms with E-state index in [1.807, 2.05) is 67.6 Å². The molecule has 0 aliphatic heterocycles. The molecule has 4 rings (SSSR count). The minimum Gasteiger partial charge on any atom is -0.489 e. The Hall–Kier alpha value is -4.00. The van der Waals surface area contributed by atoms with Crippen LogP contribution < -0.4 is 4.74 Å². The van der Waals surface area contributed by atoms with Crippen molar-refractivity contribution in [2.45, 2.75) is 38.1 Å². The van der Waals surface area contributed by atoms with Crippen LogP contribution in [-0.4, -0.2) is 15.6 Å². The number of benzene rings is 3. The van der Waals surface area contributed by atoms with E-state index in [0.29, 0.717) is 30.8 Å². The fourth-order valence-corrected chi connectivity index (χ4v) is 4.21. The largest absolute Gasteiger partial charge is 0.489 e. The van der Waals surface area contributed by atoms with Gasteiger partial charge in [-0.15, -0.1) is 0 Å². The number of halogens is 3. The fraction of sp³-hybridized carbons (Fsp3) is 0.207. The van der Waals surface area contributed by atoms with Gasteiger partial charge >= 0.3 is 12.1 Å². The van der Waals surface area contributed by atoms with Crippen LogP contribution in [0.2, 0.25) is 0 Å². The molecule has 0 spiro atoms. The van der Waals surface area contributed by atoms with Gasteiger partial charge < -0.3 is 14.4 Å². The Kier molecular flexibility index (Phi) is 7.20. The van der Waals surface area contributed by atoms with Gasteiger partial charge in [0.25, 0.3) is 0 Å². The summed E-state index contributed by atoms with van der Waals surface area (Å²) in [6.45, 7) is 2.19. The summed E-state index contributed by atoms with van der Waals surface area (Å²) < 4.78 is 45.9. The van der Waals surface area contributed by atoms with Crippen molar-refractivity contribution in [3.05, 3.63) is 114 Å². The highest BCUT2D eigenvalue weighted by molar-refractivity contribution is 5.77. The van der Waals surface area contributed by atoms with Crippen LogP contribution in [0, 0.1) is 0 Å². The first-order valence-electron chi connectivity index (χ1n) is 11.6. The second-order valence-electron chi connectivity index (χ2n) is 8.66. The Balaban J connectivity index is 1.38.